The van der Waals surface area contributed by atoms with Crippen LogP contribution in [0.1, 0.15) is 24.0 Å². The van der Waals surface area contributed by atoms with Gasteiger partial charge in [0.15, 0.2) is 0 Å². The Bertz CT molecular complexity index is 941. The number of benzene rings is 2. The molecule has 2 aromatic rings. The molecule has 1 atom stereocenters. The molecule has 34 heavy (non-hydrogen) atoms. The van der Waals surface area contributed by atoms with E-state index in [0.717, 1.165) is 11.1 Å². The zero-order valence-electron chi connectivity index (χ0n) is 19.1. The maximum absolute atomic E-state index is 13.3. The molecule has 1 heterocycles. The predicted octanol–water partition coefficient (Wildman–Crippen LogP) is 2.62. The highest BCUT2D eigenvalue weighted by molar-refractivity contribution is 5.86. The van der Waals surface area contributed by atoms with Crippen LogP contribution in [0.3, 0.4) is 0 Å². The zero-order valence-corrected chi connectivity index (χ0v) is 19.1. The Balaban J connectivity index is 1.62. The molecule has 0 bridgehead atoms. The topological polar surface area (TPSA) is 114 Å². The summed E-state index contributed by atoms with van der Waals surface area (Å²) in [4.78, 5) is 38.2. The minimum absolute atomic E-state index is 0.0996. The van der Waals surface area contributed by atoms with Crippen LogP contribution in [0.15, 0.2) is 54.6 Å². The molecule has 1 aliphatic rings. The molecular formula is C25H30N2O7. The van der Waals surface area contributed by atoms with Crippen molar-refractivity contribution < 1.29 is 33.7 Å². The van der Waals surface area contributed by atoms with Crippen molar-refractivity contribution in [3.63, 3.8) is 0 Å². The highest BCUT2D eigenvalue weighted by Gasteiger charge is 2.30. The molecule has 2 aromatic carbocycles. The van der Waals surface area contributed by atoms with Gasteiger partial charge in [0.05, 0.1) is 13.2 Å². The van der Waals surface area contributed by atoms with E-state index >= 15 is 0 Å². The number of hydrogen-bond acceptors (Lipinski definition) is 6. The summed E-state index contributed by atoms with van der Waals surface area (Å²) >= 11 is 0. The first-order valence-electron chi connectivity index (χ1n) is 11.2. The molecule has 0 radical (unpaired) electrons. The van der Waals surface area contributed by atoms with Crippen LogP contribution in [0.4, 0.5) is 4.79 Å². The fourth-order valence-electron chi connectivity index (χ4n) is 3.76. The maximum Gasteiger partial charge on any atom is 0.408 e. The Morgan fingerprint density at radius 2 is 1.71 bits per heavy atom. The number of amides is 2. The number of carboxylic acid groups (broad SMARTS) is 1. The van der Waals surface area contributed by atoms with E-state index in [0.29, 0.717) is 38.1 Å². The van der Waals surface area contributed by atoms with E-state index in [4.69, 9.17) is 19.3 Å². The summed E-state index contributed by atoms with van der Waals surface area (Å²) < 4.78 is 15.9. The normalized spacial score (nSPS) is 14.8. The number of ether oxygens (including phenoxy) is 3. The number of nitrogens with one attached hydrogen (secondary N) is 1. The molecule has 0 saturated carbocycles. The average Bonchev–Trinajstić information content (AvgIpc) is 2.87. The third kappa shape index (κ3) is 7.77. The number of alkyl carbamates (subject to hydrolysis) is 1. The Hall–Kier alpha value is -3.59. The van der Waals surface area contributed by atoms with Gasteiger partial charge in [-0.2, -0.15) is 0 Å². The molecule has 1 saturated heterocycles. The van der Waals surface area contributed by atoms with Gasteiger partial charge in [0.2, 0.25) is 5.91 Å². The first-order valence-corrected chi connectivity index (χ1v) is 11.2. The van der Waals surface area contributed by atoms with Crippen molar-refractivity contribution in [3.8, 4) is 5.75 Å². The first kappa shape index (κ1) is 25.0. The highest BCUT2D eigenvalue weighted by atomic mass is 16.5. The molecule has 0 aromatic heterocycles. The molecule has 2 N–H and O–H groups in total. The van der Waals surface area contributed by atoms with Gasteiger partial charge in [0.25, 0.3) is 0 Å². The minimum atomic E-state index is -1.02. The summed E-state index contributed by atoms with van der Waals surface area (Å²) in [5, 5.41) is 11.5. The molecule has 182 valence electrons. The van der Waals surface area contributed by atoms with Crippen molar-refractivity contribution in [2.75, 3.05) is 26.8 Å². The van der Waals surface area contributed by atoms with Crippen molar-refractivity contribution in [3.05, 3.63) is 65.7 Å². The number of carboxylic acids is 1. The smallest absolute Gasteiger partial charge is 0.408 e. The summed E-state index contributed by atoms with van der Waals surface area (Å²) in [7, 11) is 1.58. The van der Waals surface area contributed by atoms with Crippen molar-refractivity contribution in [2.45, 2.75) is 38.0 Å². The lowest BCUT2D eigenvalue weighted by molar-refractivity contribution is -0.147. The van der Waals surface area contributed by atoms with Crippen molar-refractivity contribution in [1.82, 2.24) is 10.2 Å². The Morgan fingerprint density at radius 1 is 1.03 bits per heavy atom. The molecule has 0 aliphatic carbocycles. The van der Waals surface area contributed by atoms with E-state index < -0.39 is 18.1 Å². The second kappa shape index (κ2) is 12.6. The van der Waals surface area contributed by atoms with Gasteiger partial charge in [-0.15, -0.1) is 0 Å². The summed E-state index contributed by atoms with van der Waals surface area (Å²) in [5.74, 6) is -0.536. The quantitative estimate of drug-likeness (QED) is 0.549. The second-order valence-corrected chi connectivity index (χ2v) is 8.04. The van der Waals surface area contributed by atoms with Crippen LogP contribution in [0, 0.1) is 0 Å². The first-order chi connectivity index (χ1) is 16.4. The number of methoxy groups -OCH3 is 1. The standard InChI is InChI=1S/C25H30N2O7/c1-32-20-9-7-18(8-10-20)15-22(26-25(31)34-16-19-5-3-2-4-6-19)24(30)27-13-11-21(12-14-27)33-17-23(28)29/h2-10,21-22H,11-17H2,1H3,(H,26,31)(H,28,29)/t22-/m0/s1. The molecule has 0 spiro atoms. The highest BCUT2D eigenvalue weighted by Crippen LogP contribution is 2.17. The van der Waals surface area contributed by atoms with Gasteiger partial charge < -0.3 is 29.5 Å². The van der Waals surface area contributed by atoms with E-state index in [1.165, 1.54) is 0 Å². The van der Waals surface area contributed by atoms with E-state index in [-0.39, 0.29) is 25.2 Å². The molecule has 9 nitrogen and oxygen atoms in total. The van der Waals surface area contributed by atoms with Crippen LogP contribution < -0.4 is 10.1 Å². The van der Waals surface area contributed by atoms with E-state index in [1.807, 2.05) is 42.5 Å². The Kier molecular flexibility index (Phi) is 9.28. The predicted molar refractivity (Wildman–Crippen MR) is 123 cm³/mol. The number of rotatable bonds is 10. The van der Waals surface area contributed by atoms with Gasteiger partial charge in [0.1, 0.15) is 25.0 Å². The fraction of sp³-hybridized carbons (Fsp3) is 0.400. The van der Waals surface area contributed by atoms with E-state index in [9.17, 15) is 14.4 Å². The van der Waals surface area contributed by atoms with E-state index in [1.54, 1.807) is 24.1 Å². The molecule has 1 fully saturated rings. The van der Waals surface area contributed by atoms with Crippen molar-refractivity contribution in [2.24, 2.45) is 0 Å². The molecule has 3 rings (SSSR count). The number of hydrogen-bond donors (Lipinski definition) is 2. The molecule has 1 aliphatic heterocycles. The summed E-state index contributed by atoms with van der Waals surface area (Å²) in [6, 6.07) is 15.8. The lowest BCUT2D eigenvalue weighted by Gasteiger charge is -2.34. The van der Waals surface area contributed by atoms with Crippen LogP contribution in [0.2, 0.25) is 0 Å². The average molecular weight is 471 g/mol. The third-order valence-corrected chi connectivity index (χ3v) is 5.60. The minimum Gasteiger partial charge on any atom is -0.497 e. The monoisotopic (exact) mass is 470 g/mol. The molecule has 0 unspecified atom stereocenters. The van der Waals surface area contributed by atoms with Crippen molar-refractivity contribution >= 4 is 18.0 Å². The number of carbonyl (C=O) groups is 3. The number of piperidine rings is 1. The van der Waals surface area contributed by atoms with Gasteiger partial charge in [-0.05, 0) is 36.1 Å². The molecular weight excluding hydrogens is 440 g/mol. The van der Waals surface area contributed by atoms with Crippen LogP contribution in [-0.4, -0.2) is 66.9 Å². The summed E-state index contributed by atoms with van der Waals surface area (Å²) in [6.45, 7) is 0.585. The van der Waals surface area contributed by atoms with Gasteiger partial charge in [-0.25, -0.2) is 9.59 Å². The number of carbonyl (C=O) groups excluding carboxylic acids is 2. The van der Waals surface area contributed by atoms with Crippen LogP contribution in [0.25, 0.3) is 0 Å². The number of aliphatic carboxylic acids is 1. The van der Waals surface area contributed by atoms with Gasteiger partial charge >= 0.3 is 12.1 Å². The Labute approximate surface area is 198 Å². The number of nitrogens with zero attached hydrogens (tertiary/aromatic N) is 1. The summed E-state index contributed by atoms with van der Waals surface area (Å²) in [5.41, 5.74) is 1.71. The number of likely N-dealkylation sites (tertiary alicyclic amines) is 1. The molecule has 2 amide bonds. The lowest BCUT2D eigenvalue weighted by Crippen LogP contribution is -2.52. The second-order valence-electron chi connectivity index (χ2n) is 8.04. The van der Waals surface area contributed by atoms with Crippen LogP contribution >= 0.6 is 0 Å². The maximum atomic E-state index is 13.3. The largest absolute Gasteiger partial charge is 0.497 e. The van der Waals surface area contributed by atoms with Crippen LogP contribution in [0.5, 0.6) is 5.75 Å². The van der Waals surface area contributed by atoms with E-state index in [2.05, 4.69) is 5.32 Å². The van der Waals surface area contributed by atoms with Gasteiger partial charge in [0, 0.05) is 19.5 Å². The summed E-state index contributed by atoms with van der Waals surface area (Å²) in [6.07, 6.45) is 0.484. The van der Waals surface area contributed by atoms with Gasteiger partial charge in [-0.3, -0.25) is 4.79 Å². The third-order valence-electron chi connectivity index (χ3n) is 5.60. The van der Waals surface area contributed by atoms with Gasteiger partial charge in [-0.1, -0.05) is 42.5 Å². The fourth-order valence-corrected chi connectivity index (χ4v) is 3.76. The Morgan fingerprint density at radius 3 is 2.32 bits per heavy atom. The van der Waals surface area contributed by atoms with Crippen LogP contribution in [-0.2, 0) is 32.1 Å². The van der Waals surface area contributed by atoms with Crippen molar-refractivity contribution in [1.29, 1.82) is 0 Å². The molecule has 9 heteroatoms. The lowest BCUT2D eigenvalue weighted by atomic mass is 10.0. The SMILES string of the molecule is COc1ccc(C[C@H](NC(=O)OCc2ccccc2)C(=O)N2CCC(OCC(=O)O)CC2)cc1. The zero-order chi connectivity index (χ0) is 24.3.